The fraction of sp³-hybridized carbons (Fsp3) is 0.636. The van der Waals surface area contributed by atoms with Gasteiger partial charge >= 0.3 is 0 Å². The third-order valence-corrected chi connectivity index (χ3v) is 3.29. The molecule has 0 radical (unpaired) electrons. The molecule has 1 aromatic rings. The van der Waals surface area contributed by atoms with Gasteiger partial charge in [0.25, 0.3) is 5.91 Å². The Kier molecular flexibility index (Phi) is 4.71. The van der Waals surface area contributed by atoms with Crippen molar-refractivity contribution in [2.45, 2.75) is 37.5 Å². The van der Waals surface area contributed by atoms with E-state index < -0.39 is 49.0 Å². The lowest BCUT2D eigenvalue weighted by Crippen LogP contribution is -2.62. The van der Waals surface area contributed by atoms with Crippen LogP contribution in [0.2, 0.25) is 0 Å². The second-order valence-corrected chi connectivity index (χ2v) is 4.90. The first-order valence-corrected chi connectivity index (χ1v) is 6.46. The Morgan fingerprint density at radius 3 is 2.64 bits per heavy atom. The number of nitrogens with one attached hydrogen (secondary N) is 1. The van der Waals surface area contributed by atoms with Crippen molar-refractivity contribution in [2.75, 3.05) is 6.61 Å². The van der Waals surface area contributed by atoms with Crippen molar-refractivity contribution in [3.63, 3.8) is 0 Å². The van der Waals surface area contributed by atoms with E-state index in [0.29, 0.717) is 0 Å². The summed E-state index contributed by atoms with van der Waals surface area (Å²) in [7, 11) is 0. The van der Waals surface area contributed by atoms with Crippen LogP contribution in [0.1, 0.15) is 23.6 Å². The second kappa shape index (κ2) is 6.36. The first-order chi connectivity index (χ1) is 10.3. The molecule has 0 aromatic carbocycles. The van der Waals surface area contributed by atoms with Gasteiger partial charge in [-0.1, -0.05) is 5.21 Å². The quantitative estimate of drug-likeness (QED) is 0.380. The summed E-state index contributed by atoms with van der Waals surface area (Å²) in [6.45, 7) is 0.670. The van der Waals surface area contributed by atoms with E-state index in [1.807, 2.05) is 0 Å². The maximum atomic E-state index is 11.3. The molecule has 2 heterocycles. The van der Waals surface area contributed by atoms with Crippen molar-refractivity contribution in [3.05, 3.63) is 11.9 Å². The highest BCUT2D eigenvalue weighted by Gasteiger charge is 2.46. The highest BCUT2D eigenvalue weighted by molar-refractivity contribution is 5.90. The smallest absolute Gasteiger partial charge is 0.270 e. The fourth-order valence-corrected chi connectivity index (χ4v) is 2.23. The fourth-order valence-electron chi connectivity index (χ4n) is 2.23. The van der Waals surface area contributed by atoms with Gasteiger partial charge in [-0.3, -0.25) is 9.59 Å². The van der Waals surface area contributed by atoms with E-state index in [0.717, 1.165) is 4.68 Å². The van der Waals surface area contributed by atoms with Gasteiger partial charge in [-0.15, -0.1) is 5.10 Å². The zero-order valence-corrected chi connectivity index (χ0v) is 11.7. The van der Waals surface area contributed by atoms with Crippen molar-refractivity contribution in [1.82, 2.24) is 20.3 Å². The molecule has 1 aliphatic heterocycles. The largest absolute Gasteiger partial charge is 0.394 e. The molecule has 2 rings (SSSR count). The van der Waals surface area contributed by atoms with Crippen LogP contribution in [0.4, 0.5) is 0 Å². The molecular weight excluding hydrogens is 298 g/mol. The maximum Gasteiger partial charge on any atom is 0.270 e. The van der Waals surface area contributed by atoms with Gasteiger partial charge in [-0.25, -0.2) is 4.68 Å². The number of hydrogen-bond donors (Lipinski definition) is 5. The van der Waals surface area contributed by atoms with Gasteiger partial charge in [-0.2, -0.15) is 0 Å². The van der Waals surface area contributed by atoms with E-state index in [1.165, 1.54) is 13.1 Å². The predicted molar refractivity (Wildman–Crippen MR) is 69.2 cm³/mol. The third kappa shape index (κ3) is 3.06. The number of nitrogens with zero attached hydrogens (tertiary/aromatic N) is 3. The average Bonchev–Trinajstić information content (AvgIpc) is 2.94. The predicted octanol–water partition coefficient (Wildman–Crippen LogP) is -3.51. The number of aliphatic hydroxyl groups is 3. The van der Waals surface area contributed by atoms with E-state index in [9.17, 15) is 24.9 Å². The summed E-state index contributed by atoms with van der Waals surface area (Å²) in [6.07, 6.45) is -3.81. The molecule has 2 amide bonds. The molecule has 6 N–H and O–H groups in total. The van der Waals surface area contributed by atoms with E-state index in [4.69, 9.17) is 10.5 Å². The van der Waals surface area contributed by atoms with Crippen molar-refractivity contribution < 1.29 is 29.6 Å². The molecule has 5 atom stereocenters. The number of primary amides is 1. The number of amides is 2. The molecule has 1 aliphatic rings. The average molecular weight is 315 g/mol. The Morgan fingerprint density at radius 2 is 2.14 bits per heavy atom. The second-order valence-electron chi connectivity index (χ2n) is 4.90. The van der Waals surface area contributed by atoms with Crippen molar-refractivity contribution in [1.29, 1.82) is 0 Å². The van der Waals surface area contributed by atoms with Gasteiger partial charge in [0.05, 0.1) is 12.8 Å². The Hall–Kier alpha value is -2.08. The summed E-state index contributed by atoms with van der Waals surface area (Å²) in [6, 6.07) is -1.06. The summed E-state index contributed by atoms with van der Waals surface area (Å²) >= 11 is 0. The van der Waals surface area contributed by atoms with Crippen LogP contribution in [0, 0.1) is 0 Å². The van der Waals surface area contributed by atoms with Gasteiger partial charge in [0.15, 0.2) is 11.9 Å². The van der Waals surface area contributed by atoms with Gasteiger partial charge < -0.3 is 31.1 Å². The number of carbonyl (C=O) groups excluding carboxylic acids is 2. The summed E-state index contributed by atoms with van der Waals surface area (Å²) in [5.41, 5.74) is 4.95. The summed E-state index contributed by atoms with van der Waals surface area (Å²) in [4.78, 5) is 22.3. The standard InChI is InChI=1S/C11H17N5O6/c1-4(18)13-7-9(20)8(19)6(3-17)22-11(7)16-2-5(10(12)21)14-15-16/h2,6-9,11,17,19-20H,3H2,1H3,(H2,12,21)(H,13,18)/t6-,7-,8-,9-,11-/m1/s1. The Bertz CT molecular complexity index is 563. The first-order valence-electron chi connectivity index (χ1n) is 6.46. The van der Waals surface area contributed by atoms with Crippen LogP contribution in [0.15, 0.2) is 6.20 Å². The zero-order valence-electron chi connectivity index (χ0n) is 11.7. The van der Waals surface area contributed by atoms with Gasteiger partial charge in [0.2, 0.25) is 5.91 Å². The van der Waals surface area contributed by atoms with Crippen LogP contribution in [0.5, 0.6) is 0 Å². The third-order valence-electron chi connectivity index (χ3n) is 3.29. The first kappa shape index (κ1) is 16.3. The molecule has 11 nitrogen and oxygen atoms in total. The monoisotopic (exact) mass is 315 g/mol. The summed E-state index contributed by atoms with van der Waals surface area (Å²) in [5.74, 6) is -1.28. The van der Waals surface area contributed by atoms with E-state index in [2.05, 4.69) is 15.6 Å². The molecule has 1 saturated heterocycles. The van der Waals surface area contributed by atoms with Crippen molar-refractivity contribution in [3.8, 4) is 0 Å². The van der Waals surface area contributed by atoms with Crippen LogP contribution in [-0.4, -0.2) is 73.1 Å². The lowest BCUT2D eigenvalue weighted by atomic mass is 9.96. The molecule has 0 aliphatic carbocycles. The molecule has 0 spiro atoms. The van der Waals surface area contributed by atoms with Crippen molar-refractivity contribution >= 4 is 11.8 Å². The molecule has 1 aromatic heterocycles. The molecule has 122 valence electrons. The Balaban J connectivity index is 2.33. The molecule has 0 bridgehead atoms. The molecular formula is C11H17N5O6. The SMILES string of the molecule is CC(=O)N[C@@H]1[C@@H](O)[C@H](O)[C@@H](CO)O[C@H]1n1cc(C(N)=O)nn1. The van der Waals surface area contributed by atoms with E-state index >= 15 is 0 Å². The Morgan fingerprint density at radius 1 is 1.45 bits per heavy atom. The molecule has 1 fully saturated rings. The number of hydrogen-bond acceptors (Lipinski definition) is 8. The summed E-state index contributed by atoms with van der Waals surface area (Å²) in [5, 5.41) is 38.8. The van der Waals surface area contributed by atoms with Gasteiger partial charge in [-0.05, 0) is 0 Å². The zero-order chi connectivity index (χ0) is 16.4. The van der Waals surface area contributed by atoms with Crippen LogP contribution in [-0.2, 0) is 9.53 Å². The van der Waals surface area contributed by atoms with Crippen LogP contribution < -0.4 is 11.1 Å². The van der Waals surface area contributed by atoms with Gasteiger partial charge in [0, 0.05) is 6.92 Å². The van der Waals surface area contributed by atoms with E-state index in [1.54, 1.807) is 0 Å². The number of nitrogens with two attached hydrogens (primary N) is 1. The van der Waals surface area contributed by atoms with Crippen LogP contribution in [0.3, 0.4) is 0 Å². The minimum Gasteiger partial charge on any atom is -0.394 e. The number of carbonyl (C=O) groups is 2. The number of ether oxygens (including phenoxy) is 1. The molecule has 0 saturated carbocycles. The van der Waals surface area contributed by atoms with Gasteiger partial charge in [0.1, 0.15) is 24.4 Å². The van der Waals surface area contributed by atoms with E-state index in [-0.39, 0.29) is 5.69 Å². The van der Waals surface area contributed by atoms with Crippen LogP contribution >= 0.6 is 0 Å². The topological polar surface area (TPSA) is 173 Å². The van der Waals surface area contributed by atoms with Crippen molar-refractivity contribution in [2.24, 2.45) is 5.73 Å². The molecule has 11 heteroatoms. The highest BCUT2D eigenvalue weighted by Crippen LogP contribution is 2.27. The number of aliphatic hydroxyl groups excluding tert-OH is 3. The maximum absolute atomic E-state index is 11.3. The highest BCUT2D eigenvalue weighted by atomic mass is 16.5. The molecule has 0 unspecified atom stereocenters. The minimum absolute atomic E-state index is 0.133. The minimum atomic E-state index is -1.42. The number of aromatic nitrogens is 3. The number of rotatable bonds is 4. The Labute approximate surface area is 124 Å². The normalized spacial score (nSPS) is 31.7. The summed E-state index contributed by atoms with van der Waals surface area (Å²) < 4.78 is 6.53. The lowest BCUT2D eigenvalue weighted by molar-refractivity contribution is -0.219. The lowest BCUT2D eigenvalue weighted by Gasteiger charge is -2.42. The van der Waals surface area contributed by atoms with Crippen LogP contribution in [0.25, 0.3) is 0 Å². The molecule has 22 heavy (non-hydrogen) atoms.